The first-order valence-electron chi connectivity index (χ1n) is 5.62. The van der Waals surface area contributed by atoms with Crippen LogP contribution in [0.2, 0.25) is 0 Å². The van der Waals surface area contributed by atoms with Gasteiger partial charge in [0, 0.05) is 12.6 Å². The van der Waals surface area contributed by atoms with E-state index in [0.717, 1.165) is 0 Å². The Morgan fingerprint density at radius 2 is 1.90 bits per heavy atom. The summed E-state index contributed by atoms with van der Waals surface area (Å²) in [5.74, 6) is -1.09. The molecule has 5 nitrogen and oxygen atoms in total. The van der Waals surface area contributed by atoms with Gasteiger partial charge < -0.3 is 5.32 Å². The molecule has 20 heavy (non-hydrogen) atoms. The van der Waals surface area contributed by atoms with E-state index in [1.165, 1.54) is 31.3 Å². The maximum atomic E-state index is 12.5. The van der Waals surface area contributed by atoms with Gasteiger partial charge in [0.25, 0.3) is 11.8 Å². The summed E-state index contributed by atoms with van der Waals surface area (Å²) in [6.07, 6.45) is -5.40. The van der Waals surface area contributed by atoms with Gasteiger partial charge in [-0.15, -0.1) is 0 Å². The van der Waals surface area contributed by atoms with Crippen LogP contribution in [-0.4, -0.2) is 30.8 Å². The lowest BCUT2D eigenvalue weighted by molar-refractivity contribution is -0.117. The van der Waals surface area contributed by atoms with Crippen LogP contribution in [0.4, 0.5) is 18.9 Å². The van der Waals surface area contributed by atoms with Crippen molar-refractivity contribution in [2.45, 2.75) is 12.6 Å². The molecule has 106 valence electrons. The Labute approximate surface area is 112 Å². The molecule has 0 fully saturated rings. The summed E-state index contributed by atoms with van der Waals surface area (Å²) >= 11 is 0. The van der Waals surface area contributed by atoms with Gasteiger partial charge in [0.05, 0.1) is 12.1 Å². The van der Waals surface area contributed by atoms with E-state index < -0.39 is 24.2 Å². The summed E-state index contributed by atoms with van der Waals surface area (Å²) in [6.45, 7) is 0. The predicted octanol–water partition coefficient (Wildman–Crippen LogP) is 1.70. The number of benzene rings is 1. The van der Waals surface area contributed by atoms with Gasteiger partial charge in [-0.25, -0.2) is 5.01 Å². The molecule has 0 radical (unpaired) electrons. The fraction of sp³-hybridized carbons (Fsp3) is 0.250. The number of rotatable bonds is 2. The third-order valence-corrected chi connectivity index (χ3v) is 2.70. The van der Waals surface area contributed by atoms with Crippen LogP contribution >= 0.6 is 0 Å². The molecule has 1 heterocycles. The average Bonchev–Trinajstić information content (AvgIpc) is 2.80. The van der Waals surface area contributed by atoms with Gasteiger partial charge in [-0.3, -0.25) is 9.59 Å². The zero-order valence-electron chi connectivity index (χ0n) is 10.4. The van der Waals surface area contributed by atoms with Gasteiger partial charge >= 0.3 is 6.18 Å². The third-order valence-electron chi connectivity index (χ3n) is 2.70. The molecule has 1 N–H and O–H groups in total. The molecular weight excluding hydrogens is 275 g/mol. The molecule has 0 saturated carbocycles. The van der Waals surface area contributed by atoms with E-state index in [0.29, 0.717) is 10.6 Å². The molecule has 1 aliphatic heterocycles. The highest BCUT2D eigenvalue weighted by Gasteiger charge is 2.42. The molecule has 1 aromatic carbocycles. The van der Waals surface area contributed by atoms with E-state index >= 15 is 0 Å². The van der Waals surface area contributed by atoms with Crippen molar-refractivity contribution in [3.05, 3.63) is 29.8 Å². The molecule has 0 atom stereocenters. The Morgan fingerprint density at radius 1 is 1.30 bits per heavy atom. The second-order valence-corrected chi connectivity index (χ2v) is 4.05. The van der Waals surface area contributed by atoms with Crippen LogP contribution in [0.3, 0.4) is 0 Å². The van der Waals surface area contributed by atoms with E-state index in [1.54, 1.807) is 0 Å². The minimum absolute atomic E-state index is 0.182. The number of amides is 2. The number of halogens is 3. The maximum Gasteiger partial charge on any atom is 0.431 e. The van der Waals surface area contributed by atoms with Crippen LogP contribution in [0.25, 0.3) is 0 Å². The second kappa shape index (κ2) is 4.95. The Balaban J connectivity index is 2.26. The summed E-state index contributed by atoms with van der Waals surface area (Å²) in [6, 6.07) is 5.54. The number of nitrogens with zero attached hydrogens (tertiary/aromatic N) is 2. The molecule has 0 aliphatic carbocycles. The van der Waals surface area contributed by atoms with Crippen molar-refractivity contribution in [1.82, 2.24) is 5.32 Å². The van der Waals surface area contributed by atoms with Gasteiger partial charge in [0.1, 0.15) is 0 Å². The second-order valence-electron chi connectivity index (χ2n) is 4.05. The number of hydrogen-bond donors (Lipinski definition) is 1. The van der Waals surface area contributed by atoms with Gasteiger partial charge in [-0.2, -0.15) is 18.3 Å². The molecule has 0 bridgehead atoms. The lowest BCUT2D eigenvalue weighted by Crippen LogP contribution is -2.22. The predicted molar refractivity (Wildman–Crippen MR) is 65.4 cm³/mol. The highest BCUT2D eigenvalue weighted by Crippen LogP contribution is 2.28. The summed E-state index contributed by atoms with van der Waals surface area (Å²) in [7, 11) is 1.46. The normalized spacial score (nSPS) is 15.3. The molecule has 2 amide bonds. The summed E-state index contributed by atoms with van der Waals surface area (Å²) in [5, 5.41) is 6.38. The highest BCUT2D eigenvalue weighted by molar-refractivity contribution is 6.14. The van der Waals surface area contributed by atoms with Crippen LogP contribution in [0, 0.1) is 0 Å². The topological polar surface area (TPSA) is 61.8 Å². The van der Waals surface area contributed by atoms with E-state index in [1.807, 2.05) is 0 Å². The number of carbonyl (C=O) groups is 2. The van der Waals surface area contributed by atoms with E-state index in [-0.39, 0.29) is 11.6 Å². The van der Waals surface area contributed by atoms with Crippen LogP contribution in [0.15, 0.2) is 29.4 Å². The standard InChI is InChI=1S/C12H10F3N3O2/c1-16-11(20)7-2-4-8(5-3-7)18-10(19)6-9(17-18)12(13,14)15/h2-5H,6H2,1H3,(H,16,20). The zero-order chi connectivity index (χ0) is 14.9. The Hall–Kier alpha value is -2.38. The molecular formula is C12H10F3N3O2. The van der Waals surface area contributed by atoms with Crippen molar-refractivity contribution in [1.29, 1.82) is 0 Å². The zero-order valence-corrected chi connectivity index (χ0v) is 10.4. The lowest BCUT2D eigenvalue weighted by Gasteiger charge is -2.11. The van der Waals surface area contributed by atoms with E-state index in [2.05, 4.69) is 10.4 Å². The minimum atomic E-state index is -4.62. The first-order valence-corrected chi connectivity index (χ1v) is 5.62. The van der Waals surface area contributed by atoms with Crippen molar-refractivity contribution >= 4 is 23.2 Å². The third kappa shape index (κ3) is 2.63. The largest absolute Gasteiger partial charge is 0.431 e. The van der Waals surface area contributed by atoms with Crippen molar-refractivity contribution in [2.24, 2.45) is 5.10 Å². The Bertz CT molecular complexity index is 579. The Kier molecular flexibility index (Phi) is 3.47. The minimum Gasteiger partial charge on any atom is -0.355 e. The fourth-order valence-electron chi connectivity index (χ4n) is 1.69. The summed E-state index contributed by atoms with van der Waals surface area (Å²) in [4.78, 5) is 22.9. The summed E-state index contributed by atoms with van der Waals surface area (Å²) < 4.78 is 37.4. The number of nitrogens with one attached hydrogen (secondary N) is 1. The van der Waals surface area contributed by atoms with Crippen LogP contribution in [0.5, 0.6) is 0 Å². The fourth-order valence-corrected chi connectivity index (χ4v) is 1.69. The van der Waals surface area contributed by atoms with Crippen LogP contribution < -0.4 is 10.3 Å². The number of alkyl halides is 3. The molecule has 0 saturated heterocycles. The highest BCUT2D eigenvalue weighted by atomic mass is 19.4. The number of hydrogen-bond acceptors (Lipinski definition) is 3. The van der Waals surface area contributed by atoms with E-state index in [9.17, 15) is 22.8 Å². The SMILES string of the molecule is CNC(=O)c1ccc(N2N=C(C(F)(F)F)CC2=O)cc1. The van der Waals surface area contributed by atoms with E-state index in [4.69, 9.17) is 0 Å². The lowest BCUT2D eigenvalue weighted by atomic mass is 10.2. The van der Waals surface area contributed by atoms with Gasteiger partial charge in [-0.05, 0) is 24.3 Å². The van der Waals surface area contributed by atoms with Crippen molar-refractivity contribution in [3.63, 3.8) is 0 Å². The first-order chi connectivity index (χ1) is 9.32. The molecule has 8 heteroatoms. The Morgan fingerprint density at radius 3 is 2.35 bits per heavy atom. The molecule has 1 aromatic rings. The van der Waals surface area contributed by atoms with Crippen molar-refractivity contribution < 1.29 is 22.8 Å². The summed E-state index contributed by atoms with van der Waals surface area (Å²) in [5.41, 5.74) is -0.609. The molecule has 0 aromatic heterocycles. The quantitative estimate of drug-likeness (QED) is 0.899. The van der Waals surface area contributed by atoms with Gasteiger partial charge in [0.15, 0.2) is 5.71 Å². The van der Waals surface area contributed by atoms with Gasteiger partial charge in [0.2, 0.25) is 0 Å². The number of anilines is 1. The molecule has 2 rings (SSSR count). The van der Waals surface area contributed by atoms with Crippen LogP contribution in [0.1, 0.15) is 16.8 Å². The maximum absolute atomic E-state index is 12.5. The number of hydrazone groups is 1. The first kappa shape index (κ1) is 14.0. The number of carbonyl (C=O) groups excluding carboxylic acids is 2. The molecule has 1 aliphatic rings. The van der Waals surface area contributed by atoms with Crippen molar-refractivity contribution in [2.75, 3.05) is 12.1 Å². The molecule has 0 unspecified atom stereocenters. The smallest absolute Gasteiger partial charge is 0.355 e. The van der Waals surface area contributed by atoms with Gasteiger partial charge in [-0.1, -0.05) is 0 Å². The molecule has 0 spiro atoms. The van der Waals surface area contributed by atoms with Crippen molar-refractivity contribution in [3.8, 4) is 0 Å². The average molecular weight is 285 g/mol. The van der Waals surface area contributed by atoms with Crippen LogP contribution in [-0.2, 0) is 4.79 Å². The monoisotopic (exact) mass is 285 g/mol.